The molecule has 1 saturated carbocycles. The Kier molecular flexibility index (Phi) is 1.43. The van der Waals surface area contributed by atoms with Gasteiger partial charge in [-0.15, -0.1) is 0 Å². The standard InChI is InChI=1S/C10H14O/c1-6(2)9-7-3-4-8(5-7)10(9)11/h3-4,7-8,10-11H,5H2,1-2H3/t7-,8+,10-/m1/s1. The van der Waals surface area contributed by atoms with Crippen molar-refractivity contribution < 1.29 is 5.11 Å². The summed E-state index contributed by atoms with van der Waals surface area (Å²) in [5, 5.41) is 9.74. The molecule has 0 unspecified atom stereocenters. The molecule has 11 heavy (non-hydrogen) atoms. The average molecular weight is 150 g/mol. The van der Waals surface area contributed by atoms with Crippen LogP contribution < -0.4 is 0 Å². The predicted octanol–water partition coefficient (Wildman–Crippen LogP) is 1.89. The molecule has 60 valence electrons. The molecule has 0 amide bonds. The van der Waals surface area contributed by atoms with E-state index in [9.17, 15) is 5.11 Å². The summed E-state index contributed by atoms with van der Waals surface area (Å²) in [7, 11) is 0. The fourth-order valence-electron chi connectivity index (χ4n) is 2.31. The van der Waals surface area contributed by atoms with Crippen molar-refractivity contribution in [1.29, 1.82) is 0 Å². The molecule has 0 radical (unpaired) electrons. The molecule has 2 aliphatic rings. The molecule has 1 fully saturated rings. The molecule has 0 heterocycles. The van der Waals surface area contributed by atoms with Crippen molar-refractivity contribution in [2.24, 2.45) is 11.8 Å². The Balaban J connectivity index is 2.40. The summed E-state index contributed by atoms with van der Waals surface area (Å²) >= 11 is 0. The van der Waals surface area contributed by atoms with E-state index in [-0.39, 0.29) is 6.10 Å². The second-order valence-electron chi connectivity index (χ2n) is 3.79. The quantitative estimate of drug-likeness (QED) is 0.523. The molecule has 1 N–H and O–H groups in total. The minimum absolute atomic E-state index is 0.171. The zero-order valence-electron chi connectivity index (χ0n) is 7.04. The summed E-state index contributed by atoms with van der Waals surface area (Å²) < 4.78 is 0. The highest BCUT2D eigenvalue weighted by Crippen LogP contribution is 2.44. The number of fused-ring (bicyclic) bond motifs is 2. The first-order chi connectivity index (χ1) is 5.20. The fraction of sp³-hybridized carbons (Fsp3) is 0.600. The van der Waals surface area contributed by atoms with Crippen LogP contribution in [0.4, 0.5) is 0 Å². The van der Waals surface area contributed by atoms with Crippen LogP contribution in [0.1, 0.15) is 20.3 Å². The highest BCUT2D eigenvalue weighted by Gasteiger charge is 2.39. The van der Waals surface area contributed by atoms with Crippen molar-refractivity contribution in [2.75, 3.05) is 0 Å². The molecule has 2 rings (SSSR count). The monoisotopic (exact) mass is 150 g/mol. The maximum Gasteiger partial charge on any atom is 0.0821 e. The molecule has 0 aromatic heterocycles. The topological polar surface area (TPSA) is 20.2 Å². The van der Waals surface area contributed by atoms with E-state index >= 15 is 0 Å². The Hall–Kier alpha value is -0.560. The van der Waals surface area contributed by atoms with E-state index in [0.717, 1.165) is 6.42 Å². The first-order valence-corrected chi connectivity index (χ1v) is 4.24. The average Bonchev–Trinajstić information content (AvgIpc) is 2.44. The zero-order valence-corrected chi connectivity index (χ0v) is 7.04. The number of hydrogen-bond acceptors (Lipinski definition) is 1. The lowest BCUT2D eigenvalue weighted by Gasteiger charge is -2.17. The predicted molar refractivity (Wildman–Crippen MR) is 45.1 cm³/mol. The molecule has 0 aliphatic heterocycles. The van der Waals surface area contributed by atoms with Gasteiger partial charge in [-0.25, -0.2) is 0 Å². The van der Waals surface area contributed by atoms with Gasteiger partial charge in [0.25, 0.3) is 0 Å². The van der Waals surface area contributed by atoms with E-state index in [1.807, 2.05) is 0 Å². The summed E-state index contributed by atoms with van der Waals surface area (Å²) in [6.07, 6.45) is 5.36. The summed E-state index contributed by atoms with van der Waals surface area (Å²) in [6, 6.07) is 0. The van der Waals surface area contributed by atoms with Crippen LogP contribution in [-0.4, -0.2) is 11.2 Å². The zero-order chi connectivity index (χ0) is 8.01. The normalized spacial score (nSPS) is 40.3. The molecular weight excluding hydrogens is 136 g/mol. The van der Waals surface area contributed by atoms with E-state index in [1.165, 1.54) is 11.1 Å². The highest BCUT2D eigenvalue weighted by atomic mass is 16.3. The van der Waals surface area contributed by atoms with Gasteiger partial charge in [0.1, 0.15) is 0 Å². The van der Waals surface area contributed by atoms with Crippen LogP contribution in [0.3, 0.4) is 0 Å². The first kappa shape index (κ1) is 7.11. The van der Waals surface area contributed by atoms with Crippen LogP contribution >= 0.6 is 0 Å². The summed E-state index contributed by atoms with van der Waals surface area (Å²) in [5.41, 5.74) is 2.58. The van der Waals surface area contributed by atoms with Crippen LogP contribution in [-0.2, 0) is 0 Å². The number of allylic oxidation sites excluding steroid dienone is 2. The molecule has 0 spiro atoms. The Morgan fingerprint density at radius 2 is 2.18 bits per heavy atom. The van der Waals surface area contributed by atoms with E-state index in [1.54, 1.807) is 0 Å². The molecular formula is C10H14O. The Bertz CT molecular complexity index is 233. The number of hydrogen-bond donors (Lipinski definition) is 1. The Labute approximate surface area is 67.4 Å². The van der Waals surface area contributed by atoms with Crippen molar-refractivity contribution in [3.8, 4) is 0 Å². The van der Waals surface area contributed by atoms with E-state index in [4.69, 9.17) is 0 Å². The fourth-order valence-corrected chi connectivity index (χ4v) is 2.31. The maximum atomic E-state index is 9.74. The van der Waals surface area contributed by atoms with Crippen LogP contribution in [0.2, 0.25) is 0 Å². The van der Waals surface area contributed by atoms with Gasteiger partial charge in [0.2, 0.25) is 0 Å². The molecule has 0 aromatic carbocycles. The molecule has 1 nitrogen and oxygen atoms in total. The maximum absolute atomic E-state index is 9.74. The minimum atomic E-state index is -0.171. The Morgan fingerprint density at radius 1 is 1.45 bits per heavy atom. The smallest absolute Gasteiger partial charge is 0.0821 e. The lowest BCUT2D eigenvalue weighted by molar-refractivity contribution is 0.183. The lowest BCUT2D eigenvalue weighted by Crippen LogP contribution is -2.16. The third kappa shape index (κ3) is 0.875. The number of aliphatic hydroxyl groups is 1. The van der Waals surface area contributed by atoms with Gasteiger partial charge in [0.05, 0.1) is 6.10 Å². The van der Waals surface area contributed by atoms with Gasteiger partial charge in [-0.3, -0.25) is 0 Å². The second kappa shape index (κ2) is 2.21. The Morgan fingerprint density at radius 3 is 2.55 bits per heavy atom. The molecule has 0 saturated heterocycles. The highest BCUT2D eigenvalue weighted by molar-refractivity contribution is 5.34. The third-order valence-electron chi connectivity index (χ3n) is 2.82. The van der Waals surface area contributed by atoms with E-state index < -0.39 is 0 Å². The number of aliphatic hydroxyl groups excluding tert-OH is 1. The van der Waals surface area contributed by atoms with Crippen molar-refractivity contribution in [3.63, 3.8) is 0 Å². The van der Waals surface area contributed by atoms with Crippen LogP contribution in [0.5, 0.6) is 0 Å². The van der Waals surface area contributed by atoms with Crippen molar-refractivity contribution >= 4 is 0 Å². The summed E-state index contributed by atoms with van der Waals surface area (Å²) in [6.45, 7) is 4.18. The molecule has 0 aromatic rings. The molecule has 2 bridgehead atoms. The van der Waals surface area contributed by atoms with Gasteiger partial charge >= 0.3 is 0 Å². The van der Waals surface area contributed by atoms with Crippen molar-refractivity contribution in [3.05, 3.63) is 23.3 Å². The van der Waals surface area contributed by atoms with Crippen LogP contribution in [0.25, 0.3) is 0 Å². The molecule has 1 heteroatoms. The SMILES string of the molecule is CC(C)=C1[C@@H]2C=C[C@@H](C2)[C@H]1O. The summed E-state index contributed by atoms with van der Waals surface area (Å²) in [4.78, 5) is 0. The molecule has 3 atom stereocenters. The third-order valence-corrected chi connectivity index (χ3v) is 2.82. The van der Waals surface area contributed by atoms with Gasteiger partial charge in [-0.1, -0.05) is 17.7 Å². The van der Waals surface area contributed by atoms with Crippen molar-refractivity contribution in [1.82, 2.24) is 0 Å². The molecule has 2 aliphatic carbocycles. The van der Waals surface area contributed by atoms with Gasteiger partial charge in [0.15, 0.2) is 0 Å². The van der Waals surface area contributed by atoms with Crippen molar-refractivity contribution in [2.45, 2.75) is 26.4 Å². The van der Waals surface area contributed by atoms with Crippen LogP contribution in [0.15, 0.2) is 23.3 Å². The lowest BCUT2D eigenvalue weighted by atomic mass is 9.94. The summed E-state index contributed by atoms with van der Waals surface area (Å²) in [5.74, 6) is 0.977. The largest absolute Gasteiger partial charge is 0.388 e. The van der Waals surface area contributed by atoms with Gasteiger partial charge < -0.3 is 5.11 Å². The van der Waals surface area contributed by atoms with Gasteiger partial charge in [-0.05, 0) is 25.8 Å². The minimum Gasteiger partial charge on any atom is -0.388 e. The van der Waals surface area contributed by atoms with Crippen LogP contribution in [0, 0.1) is 11.8 Å². The second-order valence-corrected chi connectivity index (χ2v) is 3.79. The number of rotatable bonds is 0. The van der Waals surface area contributed by atoms with E-state index in [2.05, 4.69) is 26.0 Å². The first-order valence-electron chi connectivity index (χ1n) is 4.24. The van der Waals surface area contributed by atoms with E-state index in [0.29, 0.717) is 11.8 Å². The van der Waals surface area contributed by atoms with Gasteiger partial charge in [0, 0.05) is 11.8 Å². The van der Waals surface area contributed by atoms with Gasteiger partial charge in [-0.2, -0.15) is 0 Å².